The van der Waals surface area contributed by atoms with Gasteiger partial charge in [0.1, 0.15) is 28.9 Å². The Balaban J connectivity index is 1.19. The van der Waals surface area contributed by atoms with Crippen LogP contribution in [0.1, 0.15) is 77.1 Å². The van der Waals surface area contributed by atoms with Crippen LogP contribution in [0.15, 0.2) is 91.0 Å². The van der Waals surface area contributed by atoms with Crippen LogP contribution in [0.25, 0.3) is 0 Å². The van der Waals surface area contributed by atoms with Crippen LogP contribution in [0.5, 0.6) is 17.2 Å². The summed E-state index contributed by atoms with van der Waals surface area (Å²) in [7, 11) is 0. The van der Waals surface area contributed by atoms with E-state index in [2.05, 4.69) is 5.32 Å². The van der Waals surface area contributed by atoms with E-state index in [4.69, 9.17) is 9.47 Å². The van der Waals surface area contributed by atoms with Crippen LogP contribution in [0, 0.1) is 17.6 Å². The number of carbonyl (C=O) groups is 2. The Kier molecular flexibility index (Phi) is 10.2. The largest absolute Gasteiger partial charge is 0.493 e. The van der Waals surface area contributed by atoms with Crippen molar-refractivity contribution in [2.75, 3.05) is 11.9 Å². The Labute approximate surface area is 255 Å². The molecule has 8 heteroatoms. The van der Waals surface area contributed by atoms with Crippen molar-refractivity contribution in [3.8, 4) is 17.2 Å². The number of hydrogen-bond donors (Lipinski definition) is 2. The van der Waals surface area contributed by atoms with Crippen molar-refractivity contribution in [2.24, 2.45) is 5.92 Å². The third kappa shape index (κ3) is 8.43. The van der Waals surface area contributed by atoms with Gasteiger partial charge in [0.15, 0.2) is 0 Å². The molecule has 1 amide bonds. The molecule has 0 spiro atoms. The third-order valence-corrected chi connectivity index (χ3v) is 8.00. The van der Waals surface area contributed by atoms with Crippen molar-refractivity contribution in [1.82, 2.24) is 0 Å². The Morgan fingerprint density at radius 2 is 1.48 bits per heavy atom. The van der Waals surface area contributed by atoms with Gasteiger partial charge < -0.3 is 19.9 Å². The van der Waals surface area contributed by atoms with E-state index in [9.17, 15) is 19.1 Å². The molecule has 2 atom stereocenters. The van der Waals surface area contributed by atoms with Crippen molar-refractivity contribution < 1.29 is 33.0 Å². The normalized spacial score (nSPS) is 17.0. The fraction of sp³-hybridized carbons (Fsp3) is 0.278. The molecule has 2 N–H and O–H groups in total. The van der Waals surface area contributed by atoms with Gasteiger partial charge >= 0.3 is 5.97 Å². The molecule has 2 unspecified atom stereocenters. The van der Waals surface area contributed by atoms with Crippen LogP contribution in [0.2, 0.25) is 0 Å². The number of ether oxygens (including phenoxy) is 2. The Bertz CT molecular complexity index is 1590. The molecule has 0 aromatic heterocycles. The van der Waals surface area contributed by atoms with Crippen molar-refractivity contribution in [1.29, 1.82) is 0 Å². The zero-order valence-corrected chi connectivity index (χ0v) is 24.3. The van der Waals surface area contributed by atoms with Gasteiger partial charge in [-0.25, -0.2) is 13.6 Å². The summed E-state index contributed by atoms with van der Waals surface area (Å²) in [5.41, 5.74) is 1.54. The van der Waals surface area contributed by atoms with Crippen LogP contribution < -0.4 is 14.8 Å². The second kappa shape index (κ2) is 14.6. The number of rotatable bonds is 9. The predicted octanol–water partition coefficient (Wildman–Crippen LogP) is 9.23. The number of carbonyl (C=O) groups excluding carboxylic acids is 1. The Morgan fingerprint density at radius 3 is 2.25 bits per heavy atom. The third-order valence-electron chi connectivity index (χ3n) is 8.00. The summed E-state index contributed by atoms with van der Waals surface area (Å²) in [5.74, 6) is -0.373. The fourth-order valence-electron chi connectivity index (χ4n) is 5.62. The number of amides is 1. The molecular formula is C36H35F2NO5. The van der Waals surface area contributed by atoms with Crippen LogP contribution in [0.3, 0.4) is 0 Å². The number of aromatic carboxylic acids is 1. The molecule has 0 aliphatic heterocycles. The Hall–Kier alpha value is -4.72. The molecular weight excluding hydrogens is 564 g/mol. The molecule has 5 rings (SSSR count). The summed E-state index contributed by atoms with van der Waals surface area (Å²) in [6.07, 6.45) is 6.71. The summed E-state index contributed by atoms with van der Waals surface area (Å²) >= 11 is 0. The molecule has 1 aliphatic carbocycles. The second-order valence-corrected chi connectivity index (χ2v) is 11.2. The summed E-state index contributed by atoms with van der Waals surface area (Å²) in [6, 6.07) is 23.6. The van der Waals surface area contributed by atoms with E-state index in [0.717, 1.165) is 44.9 Å². The maximum atomic E-state index is 15.5. The first kappa shape index (κ1) is 30.7. The molecule has 0 saturated heterocycles. The predicted molar refractivity (Wildman–Crippen MR) is 165 cm³/mol. The second-order valence-electron chi connectivity index (χ2n) is 11.2. The van der Waals surface area contributed by atoms with Gasteiger partial charge in [-0.2, -0.15) is 0 Å². The van der Waals surface area contributed by atoms with E-state index < -0.39 is 11.9 Å². The standard InChI is InChI=1S/C36H35F2NO5/c37-28-14-17-30(18-15-28)44-32-11-4-8-26(20-32)35(40)39-29-16-19-33(34(38)22-29)25-7-3-1-2-6-24(12-13-25)23-43-31-10-5-9-27(21-31)36(41)42/h4-5,8-11,14-22,24-25H,1-3,6-7,12-13,23H2,(H,39,40)(H,41,42). The van der Waals surface area contributed by atoms with Gasteiger partial charge in [-0.05, 0) is 116 Å². The summed E-state index contributed by atoms with van der Waals surface area (Å²) in [6.45, 7) is 0.485. The monoisotopic (exact) mass is 599 g/mol. The van der Waals surface area contributed by atoms with Crippen LogP contribution in [-0.2, 0) is 0 Å². The first-order chi connectivity index (χ1) is 21.3. The molecule has 228 valence electrons. The molecule has 1 aliphatic rings. The minimum atomic E-state index is -0.990. The first-order valence-electron chi connectivity index (χ1n) is 14.9. The van der Waals surface area contributed by atoms with Gasteiger partial charge in [0.25, 0.3) is 5.91 Å². The molecule has 6 nitrogen and oxygen atoms in total. The van der Waals surface area contributed by atoms with Crippen molar-refractivity contribution in [3.63, 3.8) is 0 Å². The lowest BCUT2D eigenvalue weighted by atomic mass is 9.87. The lowest BCUT2D eigenvalue weighted by Crippen LogP contribution is -2.14. The number of carboxylic acid groups (broad SMARTS) is 1. The van der Waals surface area contributed by atoms with Crippen LogP contribution in [0.4, 0.5) is 14.5 Å². The lowest BCUT2D eigenvalue weighted by Gasteiger charge is -2.21. The van der Waals surface area contributed by atoms with Gasteiger partial charge in [-0.15, -0.1) is 0 Å². The molecule has 44 heavy (non-hydrogen) atoms. The van der Waals surface area contributed by atoms with E-state index >= 15 is 4.39 Å². The lowest BCUT2D eigenvalue weighted by molar-refractivity contribution is 0.0696. The maximum Gasteiger partial charge on any atom is 0.335 e. The fourth-order valence-corrected chi connectivity index (χ4v) is 5.62. The Morgan fingerprint density at radius 1 is 0.750 bits per heavy atom. The van der Waals surface area contributed by atoms with E-state index in [-0.39, 0.29) is 29.0 Å². The van der Waals surface area contributed by atoms with E-state index in [0.29, 0.717) is 40.7 Å². The average Bonchev–Trinajstić information content (AvgIpc) is 3.14. The first-order valence-corrected chi connectivity index (χ1v) is 14.9. The van der Waals surface area contributed by atoms with Crippen LogP contribution >= 0.6 is 0 Å². The SMILES string of the molecule is O=C(O)c1cccc(OCC2CCCCCC(c3ccc(NC(=O)c4cccc(Oc5ccc(F)cc5)c4)cc3F)CC2)c1. The minimum Gasteiger partial charge on any atom is -0.493 e. The van der Waals surface area contributed by atoms with E-state index in [1.165, 1.54) is 42.5 Å². The molecule has 0 radical (unpaired) electrons. The number of anilines is 1. The van der Waals surface area contributed by atoms with E-state index in [1.54, 1.807) is 48.5 Å². The van der Waals surface area contributed by atoms with Crippen molar-refractivity contribution in [2.45, 2.75) is 50.9 Å². The number of benzene rings is 4. The summed E-state index contributed by atoms with van der Waals surface area (Å²) < 4.78 is 40.3. The summed E-state index contributed by atoms with van der Waals surface area (Å²) in [5, 5.41) is 12.0. The number of nitrogens with one attached hydrogen (secondary N) is 1. The molecule has 0 bridgehead atoms. The molecule has 0 heterocycles. The number of carboxylic acids is 1. The average molecular weight is 600 g/mol. The molecule has 1 fully saturated rings. The van der Waals surface area contributed by atoms with Gasteiger partial charge in [-0.3, -0.25) is 4.79 Å². The van der Waals surface area contributed by atoms with Gasteiger partial charge in [0, 0.05) is 11.3 Å². The van der Waals surface area contributed by atoms with Crippen LogP contribution in [-0.4, -0.2) is 23.6 Å². The van der Waals surface area contributed by atoms with Gasteiger partial charge in [0.05, 0.1) is 12.2 Å². The highest BCUT2D eigenvalue weighted by Crippen LogP contribution is 2.35. The van der Waals surface area contributed by atoms with Gasteiger partial charge in [0.2, 0.25) is 0 Å². The molecule has 4 aromatic carbocycles. The van der Waals surface area contributed by atoms with Gasteiger partial charge in [-0.1, -0.05) is 37.5 Å². The maximum absolute atomic E-state index is 15.5. The number of hydrogen-bond acceptors (Lipinski definition) is 4. The molecule has 1 saturated carbocycles. The topological polar surface area (TPSA) is 84.9 Å². The highest BCUT2D eigenvalue weighted by Gasteiger charge is 2.21. The quantitative estimate of drug-likeness (QED) is 0.200. The molecule has 4 aromatic rings. The zero-order valence-electron chi connectivity index (χ0n) is 24.3. The van der Waals surface area contributed by atoms with E-state index in [1.807, 2.05) is 0 Å². The summed E-state index contributed by atoms with van der Waals surface area (Å²) in [4.78, 5) is 24.2. The smallest absolute Gasteiger partial charge is 0.335 e. The minimum absolute atomic E-state index is 0.0518. The zero-order chi connectivity index (χ0) is 30.9. The highest BCUT2D eigenvalue weighted by atomic mass is 19.1. The van der Waals surface area contributed by atoms with Crippen molar-refractivity contribution >= 4 is 17.6 Å². The number of halogens is 2. The highest BCUT2D eigenvalue weighted by molar-refractivity contribution is 6.04. The van der Waals surface area contributed by atoms with Crippen molar-refractivity contribution in [3.05, 3.63) is 119 Å².